The molecular formula is C30H36N2O3S. The Morgan fingerprint density at radius 1 is 0.917 bits per heavy atom. The SMILES string of the molecule is C=C(C)S/C(C(N)=O)=C(\C)c1ccccc1.CCCc1ccccc1.Nc1ccc2c(c1)OCCO2. The third-order valence-electron chi connectivity index (χ3n) is 5.00. The first kappa shape index (κ1) is 28.6. The minimum Gasteiger partial charge on any atom is -0.486 e. The number of amides is 1. The third-order valence-corrected chi connectivity index (χ3v) is 6.06. The summed E-state index contributed by atoms with van der Waals surface area (Å²) in [6, 6.07) is 25.7. The van der Waals surface area contributed by atoms with Gasteiger partial charge in [0.15, 0.2) is 11.5 Å². The Morgan fingerprint density at radius 2 is 1.50 bits per heavy atom. The molecule has 0 saturated carbocycles. The second-order valence-corrected chi connectivity index (χ2v) is 9.44. The Balaban J connectivity index is 0.000000199. The highest BCUT2D eigenvalue weighted by Gasteiger charge is 2.12. The molecule has 1 amide bonds. The number of aryl methyl sites for hydroxylation is 1. The number of primary amides is 1. The maximum atomic E-state index is 11.4. The van der Waals surface area contributed by atoms with Crippen LogP contribution in [0.25, 0.3) is 5.57 Å². The van der Waals surface area contributed by atoms with E-state index in [1.54, 1.807) is 12.1 Å². The Hall–Kier alpha value is -3.64. The summed E-state index contributed by atoms with van der Waals surface area (Å²) < 4.78 is 10.6. The average molecular weight is 505 g/mol. The number of carbonyl (C=O) groups excluding carboxylic acids is 1. The first-order valence-electron chi connectivity index (χ1n) is 11.9. The van der Waals surface area contributed by atoms with E-state index in [9.17, 15) is 4.79 Å². The molecule has 4 N–H and O–H groups in total. The van der Waals surface area contributed by atoms with Crippen LogP contribution in [-0.4, -0.2) is 19.1 Å². The van der Waals surface area contributed by atoms with E-state index < -0.39 is 5.91 Å². The van der Waals surface area contributed by atoms with Gasteiger partial charge in [0.25, 0.3) is 5.91 Å². The van der Waals surface area contributed by atoms with Gasteiger partial charge in [-0.3, -0.25) is 4.79 Å². The summed E-state index contributed by atoms with van der Waals surface area (Å²) >= 11 is 1.32. The number of nitrogens with two attached hydrogens (primary N) is 2. The van der Waals surface area contributed by atoms with E-state index in [1.807, 2.05) is 50.2 Å². The van der Waals surface area contributed by atoms with Gasteiger partial charge in [0.1, 0.15) is 13.2 Å². The molecule has 36 heavy (non-hydrogen) atoms. The fourth-order valence-corrected chi connectivity index (χ4v) is 4.02. The molecule has 1 heterocycles. The van der Waals surface area contributed by atoms with Crippen LogP contribution in [-0.2, 0) is 11.2 Å². The zero-order chi connectivity index (χ0) is 26.3. The molecule has 5 nitrogen and oxygen atoms in total. The molecular weight excluding hydrogens is 468 g/mol. The summed E-state index contributed by atoms with van der Waals surface area (Å²) in [4.78, 5) is 12.8. The minimum absolute atomic E-state index is 0.408. The maximum absolute atomic E-state index is 11.4. The molecule has 0 saturated heterocycles. The molecule has 0 aliphatic carbocycles. The van der Waals surface area contributed by atoms with E-state index in [-0.39, 0.29) is 0 Å². The molecule has 0 radical (unpaired) electrons. The van der Waals surface area contributed by atoms with Crippen molar-refractivity contribution in [3.63, 3.8) is 0 Å². The van der Waals surface area contributed by atoms with Crippen LogP contribution in [0, 0.1) is 0 Å². The van der Waals surface area contributed by atoms with Crippen molar-refractivity contribution in [2.24, 2.45) is 5.73 Å². The number of ether oxygens (including phenoxy) is 2. The van der Waals surface area contributed by atoms with E-state index in [0.29, 0.717) is 23.8 Å². The van der Waals surface area contributed by atoms with Crippen LogP contribution in [0.1, 0.15) is 38.3 Å². The zero-order valence-corrected chi connectivity index (χ0v) is 22.1. The van der Waals surface area contributed by atoms with Crippen molar-refractivity contribution in [2.45, 2.75) is 33.6 Å². The predicted molar refractivity (Wildman–Crippen MR) is 153 cm³/mol. The van der Waals surface area contributed by atoms with Crippen LogP contribution in [0.3, 0.4) is 0 Å². The summed E-state index contributed by atoms with van der Waals surface area (Å²) in [5.41, 5.74) is 15.0. The molecule has 0 fully saturated rings. The number of nitrogen functional groups attached to an aromatic ring is 1. The number of thioether (sulfide) groups is 1. The number of allylic oxidation sites excluding steroid dienone is 2. The molecule has 0 atom stereocenters. The lowest BCUT2D eigenvalue weighted by Gasteiger charge is -2.17. The maximum Gasteiger partial charge on any atom is 0.255 e. The highest BCUT2D eigenvalue weighted by atomic mass is 32.2. The number of carbonyl (C=O) groups is 1. The van der Waals surface area contributed by atoms with Crippen LogP contribution in [0.5, 0.6) is 11.5 Å². The van der Waals surface area contributed by atoms with Crippen LogP contribution in [0.4, 0.5) is 5.69 Å². The molecule has 0 spiro atoms. The predicted octanol–water partition coefficient (Wildman–Crippen LogP) is 6.85. The molecule has 3 aromatic carbocycles. The highest BCUT2D eigenvalue weighted by molar-refractivity contribution is 8.07. The highest BCUT2D eigenvalue weighted by Crippen LogP contribution is 2.31. The lowest BCUT2D eigenvalue weighted by atomic mass is 10.1. The van der Waals surface area contributed by atoms with Gasteiger partial charge >= 0.3 is 0 Å². The van der Waals surface area contributed by atoms with Crippen molar-refractivity contribution < 1.29 is 14.3 Å². The summed E-state index contributed by atoms with van der Waals surface area (Å²) in [5, 5.41) is 0. The normalized spacial score (nSPS) is 12.1. The molecule has 190 valence electrons. The van der Waals surface area contributed by atoms with Gasteiger partial charge in [-0.05, 0) is 54.0 Å². The smallest absolute Gasteiger partial charge is 0.255 e. The summed E-state index contributed by atoms with van der Waals surface area (Å²) in [7, 11) is 0. The monoisotopic (exact) mass is 504 g/mol. The number of benzene rings is 3. The minimum atomic E-state index is -0.408. The van der Waals surface area contributed by atoms with Crippen LogP contribution < -0.4 is 20.9 Å². The zero-order valence-electron chi connectivity index (χ0n) is 21.3. The van der Waals surface area contributed by atoms with Crippen molar-refractivity contribution >= 4 is 28.9 Å². The first-order valence-corrected chi connectivity index (χ1v) is 12.7. The van der Waals surface area contributed by atoms with Crippen LogP contribution in [0.15, 0.2) is 95.3 Å². The lowest BCUT2D eigenvalue weighted by molar-refractivity contribution is -0.113. The Bertz CT molecular complexity index is 1150. The fraction of sp³-hybridized carbons (Fsp3) is 0.233. The molecule has 3 aromatic rings. The Labute approximate surface area is 219 Å². The fourth-order valence-electron chi connectivity index (χ4n) is 3.30. The van der Waals surface area contributed by atoms with Crippen molar-refractivity contribution in [3.05, 3.63) is 106 Å². The van der Waals surface area contributed by atoms with Crippen molar-refractivity contribution in [2.75, 3.05) is 18.9 Å². The Kier molecular flexibility index (Phi) is 12.2. The van der Waals surface area contributed by atoms with Crippen molar-refractivity contribution in [1.82, 2.24) is 0 Å². The van der Waals surface area contributed by atoms with E-state index in [4.69, 9.17) is 20.9 Å². The van der Waals surface area contributed by atoms with Crippen molar-refractivity contribution in [3.8, 4) is 11.5 Å². The molecule has 4 rings (SSSR count). The molecule has 0 aromatic heterocycles. The average Bonchev–Trinajstić information content (AvgIpc) is 2.89. The molecule has 1 aliphatic rings. The van der Waals surface area contributed by atoms with Gasteiger partial charge in [-0.2, -0.15) is 0 Å². The summed E-state index contributed by atoms with van der Waals surface area (Å²) in [6.07, 6.45) is 2.45. The number of rotatable bonds is 6. The van der Waals surface area contributed by atoms with Crippen LogP contribution in [0.2, 0.25) is 0 Å². The standard InChI is InChI=1S/C13H15NOS.C9H12.C8H9NO2/c1-9(2)16-12(13(14)15)10(3)11-7-5-4-6-8-11;1-2-6-9-7-4-3-5-8-9;9-6-1-2-7-8(5-6)11-4-3-10-7/h4-8H,1H2,2-3H3,(H2,14,15);3-5,7-8H,2,6H2,1H3;1-2,5H,3-4,9H2/b12-10+;;. The van der Waals surface area contributed by atoms with E-state index >= 15 is 0 Å². The van der Waals surface area contributed by atoms with Gasteiger partial charge in [0.05, 0.1) is 4.91 Å². The lowest BCUT2D eigenvalue weighted by Crippen LogP contribution is -2.15. The van der Waals surface area contributed by atoms with Crippen molar-refractivity contribution in [1.29, 1.82) is 0 Å². The quantitative estimate of drug-likeness (QED) is 0.283. The molecule has 0 bridgehead atoms. The number of fused-ring (bicyclic) bond motifs is 1. The largest absolute Gasteiger partial charge is 0.486 e. The van der Waals surface area contributed by atoms with Gasteiger partial charge in [-0.15, -0.1) is 0 Å². The summed E-state index contributed by atoms with van der Waals surface area (Å²) in [6.45, 7) is 11.0. The Morgan fingerprint density at radius 3 is 2.06 bits per heavy atom. The van der Waals surface area contributed by atoms with E-state index in [1.165, 1.54) is 30.2 Å². The number of hydrogen-bond acceptors (Lipinski definition) is 5. The van der Waals surface area contributed by atoms with Gasteiger partial charge in [-0.1, -0.05) is 92.3 Å². The van der Waals surface area contributed by atoms with Crippen LogP contribution >= 0.6 is 11.8 Å². The van der Waals surface area contributed by atoms with Gasteiger partial charge < -0.3 is 20.9 Å². The second kappa shape index (κ2) is 15.4. The van der Waals surface area contributed by atoms with E-state index in [0.717, 1.165) is 27.5 Å². The molecule has 0 unspecified atom stereocenters. The number of hydrogen-bond donors (Lipinski definition) is 2. The second-order valence-electron chi connectivity index (χ2n) is 8.13. The summed E-state index contributed by atoms with van der Waals surface area (Å²) in [5.74, 6) is 1.12. The molecule has 1 aliphatic heterocycles. The van der Waals surface area contributed by atoms with Gasteiger partial charge in [-0.25, -0.2) is 0 Å². The molecule has 6 heteroatoms. The van der Waals surface area contributed by atoms with Gasteiger partial charge in [0.2, 0.25) is 0 Å². The van der Waals surface area contributed by atoms with Gasteiger partial charge in [0, 0.05) is 11.8 Å². The topological polar surface area (TPSA) is 87.6 Å². The first-order chi connectivity index (χ1) is 17.3. The third kappa shape index (κ3) is 9.92. The van der Waals surface area contributed by atoms with E-state index in [2.05, 4.69) is 43.8 Å². The number of anilines is 1.